The second kappa shape index (κ2) is 5.57. The van der Waals surface area contributed by atoms with Gasteiger partial charge in [0.1, 0.15) is 5.75 Å². The van der Waals surface area contributed by atoms with Gasteiger partial charge >= 0.3 is 0 Å². The highest BCUT2D eigenvalue weighted by atomic mass is 79.9. The Labute approximate surface area is 115 Å². The Bertz CT molecular complexity index is 419. The summed E-state index contributed by atoms with van der Waals surface area (Å²) in [6.45, 7) is 1.58. The predicted molar refractivity (Wildman–Crippen MR) is 72.6 cm³/mol. The van der Waals surface area contributed by atoms with Crippen molar-refractivity contribution in [3.8, 4) is 5.75 Å². The highest BCUT2D eigenvalue weighted by Crippen LogP contribution is 2.41. The molecule has 2 atom stereocenters. The average Bonchev–Trinajstić information content (AvgIpc) is 2.87. The van der Waals surface area contributed by atoms with Crippen LogP contribution in [0.15, 0.2) is 22.7 Å². The Morgan fingerprint density at radius 3 is 2.89 bits per heavy atom. The lowest BCUT2D eigenvalue weighted by atomic mass is 9.78. The van der Waals surface area contributed by atoms with Crippen molar-refractivity contribution in [2.45, 2.75) is 12.5 Å². The van der Waals surface area contributed by atoms with Gasteiger partial charge in [0.15, 0.2) is 0 Å². The van der Waals surface area contributed by atoms with Crippen molar-refractivity contribution in [3.63, 3.8) is 0 Å². The zero-order valence-electron chi connectivity index (χ0n) is 10.4. The second-order valence-corrected chi connectivity index (χ2v) is 5.52. The van der Waals surface area contributed by atoms with E-state index in [-0.39, 0.29) is 5.41 Å². The fourth-order valence-corrected chi connectivity index (χ4v) is 2.88. The smallest absolute Gasteiger partial charge is 0.133 e. The molecule has 0 aromatic heterocycles. The summed E-state index contributed by atoms with van der Waals surface area (Å²) >= 11 is 3.43. The first kappa shape index (κ1) is 13.8. The van der Waals surface area contributed by atoms with Crippen molar-refractivity contribution in [3.05, 3.63) is 28.2 Å². The van der Waals surface area contributed by atoms with Gasteiger partial charge in [-0.15, -0.1) is 0 Å². The molecule has 2 rings (SSSR count). The van der Waals surface area contributed by atoms with Gasteiger partial charge in [0.05, 0.1) is 24.3 Å². The summed E-state index contributed by atoms with van der Waals surface area (Å²) in [4.78, 5) is 0. The Morgan fingerprint density at radius 1 is 1.61 bits per heavy atom. The van der Waals surface area contributed by atoms with Gasteiger partial charge in [-0.2, -0.15) is 0 Å². The SMILES string of the molecule is COc1ccc(C(O)C2(CN)CCOC2)cc1Br. The van der Waals surface area contributed by atoms with Gasteiger partial charge in [-0.25, -0.2) is 0 Å². The number of nitrogens with two attached hydrogens (primary N) is 1. The fourth-order valence-electron chi connectivity index (χ4n) is 2.32. The Balaban J connectivity index is 2.27. The van der Waals surface area contributed by atoms with Crippen LogP contribution in [-0.4, -0.2) is 32.0 Å². The first-order valence-corrected chi connectivity index (χ1v) is 6.71. The minimum absolute atomic E-state index is 0.367. The third kappa shape index (κ3) is 2.40. The van der Waals surface area contributed by atoms with Gasteiger partial charge in [-0.05, 0) is 40.0 Å². The van der Waals surface area contributed by atoms with E-state index in [9.17, 15) is 5.11 Å². The van der Waals surface area contributed by atoms with E-state index >= 15 is 0 Å². The Morgan fingerprint density at radius 2 is 2.39 bits per heavy atom. The lowest BCUT2D eigenvalue weighted by Crippen LogP contribution is -2.37. The van der Waals surface area contributed by atoms with E-state index in [1.54, 1.807) is 7.11 Å². The van der Waals surface area contributed by atoms with E-state index in [1.807, 2.05) is 18.2 Å². The van der Waals surface area contributed by atoms with Crippen LogP contribution in [0.1, 0.15) is 18.1 Å². The number of rotatable bonds is 4. The lowest BCUT2D eigenvalue weighted by molar-refractivity contribution is 0.0190. The summed E-state index contributed by atoms with van der Waals surface area (Å²) in [5.74, 6) is 0.746. The molecule has 3 N–H and O–H groups in total. The number of aliphatic hydroxyl groups excluding tert-OH is 1. The number of benzene rings is 1. The van der Waals surface area contributed by atoms with Gasteiger partial charge < -0.3 is 20.3 Å². The van der Waals surface area contributed by atoms with Gasteiger partial charge in [-0.1, -0.05) is 6.07 Å². The first-order valence-electron chi connectivity index (χ1n) is 5.92. The zero-order valence-corrected chi connectivity index (χ0v) is 11.9. The van der Waals surface area contributed by atoms with E-state index in [1.165, 1.54) is 0 Å². The molecule has 5 heteroatoms. The average molecular weight is 316 g/mol. The van der Waals surface area contributed by atoms with Crippen LogP contribution in [0.4, 0.5) is 0 Å². The van der Waals surface area contributed by atoms with Gasteiger partial charge in [0.2, 0.25) is 0 Å². The number of ether oxygens (including phenoxy) is 2. The maximum Gasteiger partial charge on any atom is 0.133 e. The quantitative estimate of drug-likeness (QED) is 0.890. The van der Waals surface area contributed by atoms with Crippen LogP contribution in [0.2, 0.25) is 0 Å². The molecule has 1 heterocycles. The number of methoxy groups -OCH3 is 1. The minimum atomic E-state index is -0.618. The second-order valence-electron chi connectivity index (χ2n) is 4.67. The number of hydrogen-bond donors (Lipinski definition) is 2. The molecule has 1 aromatic carbocycles. The van der Waals surface area contributed by atoms with Crippen LogP contribution in [-0.2, 0) is 4.74 Å². The molecular weight excluding hydrogens is 298 g/mol. The molecule has 100 valence electrons. The number of aliphatic hydroxyl groups is 1. The summed E-state index contributed by atoms with van der Waals surface area (Å²) in [6, 6.07) is 5.58. The van der Waals surface area contributed by atoms with Crippen LogP contribution >= 0.6 is 15.9 Å². The summed E-state index contributed by atoms with van der Waals surface area (Å²) in [7, 11) is 1.61. The van der Waals surface area contributed by atoms with Crippen molar-refractivity contribution in [1.29, 1.82) is 0 Å². The normalized spacial score (nSPS) is 25.1. The molecule has 18 heavy (non-hydrogen) atoms. The van der Waals surface area contributed by atoms with Crippen LogP contribution in [0.25, 0.3) is 0 Å². The maximum atomic E-state index is 10.5. The monoisotopic (exact) mass is 315 g/mol. The molecule has 0 bridgehead atoms. The molecular formula is C13H18BrNO3. The molecule has 2 unspecified atom stereocenters. The fraction of sp³-hybridized carbons (Fsp3) is 0.538. The molecule has 0 aliphatic carbocycles. The van der Waals surface area contributed by atoms with Gasteiger partial charge in [-0.3, -0.25) is 0 Å². The van der Waals surface area contributed by atoms with Crippen molar-refractivity contribution in [2.24, 2.45) is 11.1 Å². The topological polar surface area (TPSA) is 64.7 Å². The van der Waals surface area contributed by atoms with E-state index < -0.39 is 6.10 Å². The molecule has 1 aliphatic heterocycles. The van der Waals surface area contributed by atoms with E-state index in [0.29, 0.717) is 19.8 Å². The van der Waals surface area contributed by atoms with Crippen LogP contribution < -0.4 is 10.5 Å². The highest BCUT2D eigenvalue weighted by molar-refractivity contribution is 9.10. The van der Waals surface area contributed by atoms with E-state index in [2.05, 4.69) is 15.9 Å². The van der Waals surface area contributed by atoms with Crippen molar-refractivity contribution in [2.75, 3.05) is 26.9 Å². The third-order valence-corrected chi connectivity index (χ3v) is 4.23. The molecule has 1 fully saturated rings. The van der Waals surface area contributed by atoms with Crippen molar-refractivity contribution < 1.29 is 14.6 Å². The summed E-state index contributed by atoms with van der Waals surface area (Å²) in [6.07, 6.45) is 0.168. The maximum absolute atomic E-state index is 10.5. The minimum Gasteiger partial charge on any atom is -0.496 e. The summed E-state index contributed by atoms with van der Waals surface area (Å²) in [5.41, 5.74) is 6.29. The van der Waals surface area contributed by atoms with Gasteiger partial charge in [0.25, 0.3) is 0 Å². The predicted octanol–water partition coefficient (Wildman–Crippen LogP) is 1.86. The van der Waals surface area contributed by atoms with E-state index in [4.69, 9.17) is 15.2 Å². The molecule has 1 aliphatic rings. The Hall–Kier alpha value is -0.620. The van der Waals surface area contributed by atoms with Crippen LogP contribution in [0, 0.1) is 5.41 Å². The lowest BCUT2D eigenvalue weighted by Gasteiger charge is -2.31. The molecule has 0 amide bonds. The highest BCUT2D eigenvalue weighted by Gasteiger charge is 2.41. The number of halogens is 1. The number of hydrogen-bond acceptors (Lipinski definition) is 4. The molecule has 0 radical (unpaired) electrons. The van der Waals surface area contributed by atoms with Crippen LogP contribution in [0.3, 0.4) is 0 Å². The van der Waals surface area contributed by atoms with Crippen molar-refractivity contribution >= 4 is 15.9 Å². The molecule has 4 nitrogen and oxygen atoms in total. The molecule has 1 aromatic rings. The molecule has 0 saturated carbocycles. The van der Waals surface area contributed by atoms with E-state index in [0.717, 1.165) is 22.2 Å². The van der Waals surface area contributed by atoms with Gasteiger partial charge in [0, 0.05) is 18.6 Å². The standard InChI is InChI=1S/C13H18BrNO3/c1-17-11-3-2-9(6-10(11)14)12(16)13(7-15)4-5-18-8-13/h2-3,6,12,16H,4-5,7-8,15H2,1H3. The largest absolute Gasteiger partial charge is 0.496 e. The molecule has 0 spiro atoms. The first-order chi connectivity index (χ1) is 8.63. The molecule has 1 saturated heterocycles. The zero-order chi connectivity index (χ0) is 13.2. The summed E-state index contributed by atoms with van der Waals surface area (Å²) < 4.78 is 11.4. The Kier molecular flexibility index (Phi) is 4.27. The third-order valence-electron chi connectivity index (χ3n) is 3.61. The summed E-state index contributed by atoms with van der Waals surface area (Å²) in [5, 5.41) is 10.5. The van der Waals surface area contributed by atoms with Crippen LogP contribution in [0.5, 0.6) is 5.75 Å². The van der Waals surface area contributed by atoms with Crippen molar-refractivity contribution in [1.82, 2.24) is 0 Å².